The molecule has 1 fully saturated rings. The van der Waals surface area contributed by atoms with Crippen molar-refractivity contribution in [3.63, 3.8) is 0 Å². The summed E-state index contributed by atoms with van der Waals surface area (Å²) in [5, 5.41) is 9.18. The first-order valence-electron chi connectivity index (χ1n) is 8.08. The summed E-state index contributed by atoms with van der Waals surface area (Å²) in [6, 6.07) is 7.65. The summed E-state index contributed by atoms with van der Waals surface area (Å²) in [5.41, 5.74) is 0. The Labute approximate surface area is 132 Å². The Bertz CT molecular complexity index is 402. The number of rotatable bonds is 9. The minimum atomic E-state index is -0.325. The van der Waals surface area contributed by atoms with Crippen molar-refractivity contribution in [2.75, 3.05) is 46.1 Å². The van der Waals surface area contributed by atoms with E-state index in [1.54, 1.807) is 6.92 Å². The van der Waals surface area contributed by atoms with Gasteiger partial charge in [0.1, 0.15) is 11.5 Å². The molecular weight excluding hydrogens is 282 g/mol. The summed E-state index contributed by atoms with van der Waals surface area (Å²) in [4.78, 5) is 2.41. The van der Waals surface area contributed by atoms with Crippen LogP contribution < -0.4 is 9.47 Å². The topological polar surface area (TPSA) is 51.2 Å². The molecule has 0 spiro atoms. The highest BCUT2D eigenvalue weighted by molar-refractivity contribution is 5.31. The molecule has 0 bridgehead atoms. The highest BCUT2D eigenvalue weighted by Crippen LogP contribution is 2.18. The molecule has 1 unspecified atom stereocenters. The van der Waals surface area contributed by atoms with Gasteiger partial charge in [-0.25, -0.2) is 0 Å². The average Bonchev–Trinajstić information content (AvgIpc) is 2.54. The van der Waals surface area contributed by atoms with Crippen LogP contribution in [0.2, 0.25) is 0 Å². The van der Waals surface area contributed by atoms with Crippen LogP contribution in [0.1, 0.15) is 19.8 Å². The van der Waals surface area contributed by atoms with Crippen molar-refractivity contribution >= 4 is 0 Å². The van der Waals surface area contributed by atoms with Crippen LogP contribution >= 0.6 is 0 Å². The van der Waals surface area contributed by atoms with Crippen LogP contribution in [0.3, 0.4) is 0 Å². The summed E-state index contributed by atoms with van der Waals surface area (Å²) in [7, 11) is 0. The molecule has 0 aromatic heterocycles. The van der Waals surface area contributed by atoms with Gasteiger partial charge in [0.2, 0.25) is 0 Å². The second-order valence-electron chi connectivity index (χ2n) is 5.61. The maximum Gasteiger partial charge on any atom is 0.119 e. The zero-order valence-corrected chi connectivity index (χ0v) is 13.4. The van der Waals surface area contributed by atoms with Gasteiger partial charge in [-0.2, -0.15) is 0 Å². The number of nitrogens with zero attached hydrogens (tertiary/aromatic N) is 1. The van der Waals surface area contributed by atoms with Crippen LogP contribution in [-0.2, 0) is 4.74 Å². The first-order chi connectivity index (χ1) is 10.7. The molecule has 5 nitrogen and oxygen atoms in total. The van der Waals surface area contributed by atoms with Crippen molar-refractivity contribution in [2.45, 2.75) is 25.9 Å². The lowest BCUT2D eigenvalue weighted by Crippen LogP contribution is -2.37. The van der Waals surface area contributed by atoms with E-state index in [9.17, 15) is 5.11 Å². The number of morpholine rings is 1. The van der Waals surface area contributed by atoms with E-state index < -0.39 is 0 Å². The Hall–Kier alpha value is -1.30. The SMILES string of the molecule is CC(O)CCOc1ccc(OCCCN2CCOCC2)cc1. The highest BCUT2D eigenvalue weighted by Gasteiger charge is 2.09. The minimum absolute atomic E-state index is 0.325. The number of hydrogen-bond donors (Lipinski definition) is 1. The number of ether oxygens (including phenoxy) is 3. The predicted molar refractivity (Wildman–Crippen MR) is 85.6 cm³/mol. The van der Waals surface area contributed by atoms with Crippen molar-refractivity contribution in [1.29, 1.82) is 0 Å². The van der Waals surface area contributed by atoms with E-state index in [1.807, 2.05) is 24.3 Å². The van der Waals surface area contributed by atoms with Crippen LogP contribution in [0.25, 0.3) is 0 Å². The molecule has 1 N–H and O–H groups in total. The lowest BCUT2D eigenvalue weighted by atomic mass is 10.3. The normalized spacial score (nSPS) is 17.2. The molecule has 2 rings (SSSR count). The Balaban J connectivity index is 1.59. The Kier molecular flexibility index (Phi) is 7.49. The molecular formula is C17H27NO4. The zero-order valence-electron chi connectivity index (χ0n) is 13.4. The van der Waals surface area contributed by atoms with Crippen molar-refractivity contribution in [3.8, 4) is 11.5 Å². The first kappa shape index (κ1) is 17.1. The minimum Gasteiger partial charge on any atom is -0.494 e. The monoisotopic (exact) mass is 309 g/mol. The number of hydrogen-bond acceptors (Lipinski definition) is 5. The second-order valence-corrected chi connectivity index (χ2v) is 5.61. The number of aliphatic hydroxyl groups excluding tert-OH is 1. The van der Waals surface area contributed by atoms with E-state index in [-0.39, 0.29) is 6.10 Å². The lowest BCUT2D eigenvalue weighted by molar-refractivity contribution is 0.0358. The van der Waals surface area contributed by atoms with Gasteiger partial charge in [0.25, 0.3) is 0 Å². The molecule has 124 valence electrons. The molecule has 1 aliphatic rings. The molecule has 0 aliphatic carbocycles. The van der Waals surface area contributed by atoms with Gasteiger partial charge in [0.15, 0.2) is 0 Å². The average molecular weight is 309 g/mol. The van der Waals surface area contributed by atoms with Gasteiger partial charge in [-0.3, -0.25) is 4.90 Å². The Morgan fingerprint density at radius 3 is 2.27 bits per heavy atom. The maximum atomic E-state index is 9.18. The van der Waals surface area contributed by atoms with Gasteiger partial charge in [0, 0.05) is 26.1 Å². The van der Waals surface area contributed by atoms with Crippen LogP contribution in [0.15, 0.2) is 24.3 Å². The third kappa shape index (κ3) is 6.64. The largest absolute Gasteiger partial charge is 0.494 e. The number of aliphatic hydroxyl groups is 1. The summed E-state index contributed by atoms with van der Waals surface area (Å²) >= 11 is 0. The summed E-state index contributed by atoms with van der Waals surface area (Å²) in [5.74, 6) is 1.67. The van der Waals surface area contributed by atoms with E-state index in [1.165, 1.54) is 0 Å². The molecule has 1 saturated heterocycles. The summed E-state index contributed by atoms with van der Waals surface area (Å²) < 4.78 is 16.6. The van der Waals surface area contributed by atoms with Gasteiger partial charge in [-0.05, 0) is 37.6 Å². The molecule has 0 saturated carbocycles. The molecule has 1 atom stereocenters. The molecule has 22 heavy (non-hydrogen) atoms. The van der Waals surface area contributed by atoms with Gasteiger partial charge in [0.05, 0.1) is 32.5 Å². The quantitative estimate of drug-likeness (QED) is 0.707. The Morgan fingerprint density at radius 1 is 1.09 bits per heavy atom. The van der Waals surface area contributed by atoms with Crippen LogP contribution in [0.4, 0.5) is 0 Å². The van der Waals surface area contributed by atoms with E-state index in [0.29, 0.717) is 13.0 Å². The molecule has 5 heteroatoms. The van der Waals surface area contributed by atoms with Crippen molar-refractivity contribution in [2.24, 2.45) is 0 Å². The highest BCUT2D eigenvalue weighted by atomic mass is 16.5. The Morgan fingerprint density at radius 2 is 1.68 bits per heavy atom. The van der Waals surface area contributed by atoms with Crippen molar-refractivity contribution in [3.05, 3.63) is 24.3 Å². The molecule has 1 aliphatic heterocycles. The first-order valence-corrected chi connectivity index (χ1v) is 8.08. The smallest absolute Gasteiger partial charge is 0.119 e. The van der Waals surface area contributed by atoms with Crippen LogP contribution in [0, 0.1) is 0 Å². The van der Waals surface area contributed by atoms with Crippen LogP contribution in [-0.4, -0.2) is 62.2 Å². The zero-order chi connectivity index (χ0) is 15.6. The fraction of sp³-hybridized carbons (Fsp3) is 0.647. The molecule has 0 radical (unpaired) electrons. The van der Waals surface area contributed by atoms with E-state index >= 15 is 0 Å². The van der Waals surface area contributed by atoms with Crippen LogP contribution in [0.5, 0.6) is 11.5 Å². The van der Waals surface area contributed by atoms with E-state index in [2.05, 4.69) is 4.90 Å². The second kappa shape index (κ2) is 9.66. The summed E-state index contributed by atoms with van der Waals surface area (Å²) in [6.45, 7) is 7.81. The fourth-order valence-electron chi connectivity index (χ4n) is 2.28. The standard InChI is InChI=1S/C17H27NO4/c1-15(19)7-12-22-17-5-3-16(4-6-17)21-11-2-8-18-9-13-20-14-10-18/h3-6,15,19H,2,7-14H2,1H3. The maximum absolute atomic E-state index is 9.18. The summed E-state index contributed by atoms with van der Waals surface area (Å²) in [6.07, 6.45) is 1.33. The van der Waals surface area contributed by atoms with Crippen molar-refractivity contribution < 1.29 is 19.3 Å². The molecule has 0 amide bonds. The lowest BCUT2D eigenvalue weighted by Gasteiger charge is -2.26. The van der Waals surface area contributed by atoms with Gasteiger partial charge < -0.3 is 19.3 Å². The third-order valence-corrected chi connectivity index (χ3v) is 3.62. The fourth-order valence-corrected chi connectivity index (χ4v) is 2.28. The van der Waals surface area contributed by atoms with Gasteiger partial charge in [-0.1, -0.05) is 0 Å². The van der Waals surface area contributed by atoms with Gasteiger partial charge >= 0.3 is 0 Å². The third-order valence-electron chi connectivity index (χ3n) is 3.62. The molecule has 1 heterocycles. The predicted octanol–water partition coefficient (Wildman–Crippen LogP) is 1.94. The van der Waals surface area contributed by atoms with E-state index in [4.69, 9.17) is 14.2 Å². The molecule has 1 aromatic carbocycles. The van der Waals surface area contributed by atoms with Gasteiger partial charge in [-0.15, -0.1) is 0 Å². The van der Waals surface area contributed by atoms with Crippen molar-refractivity contribution in [1.82, 2.24) is 4.90 Å². The van der Waals surface area contributed by atoms with E-state index in [0.717, 1.165) is 57.4 Å². The number of benzene rings is 1. The molecule has 1 aromatic rings.